The second kappa shape index (κ2) is 7.40. The molecule has 0 heterocycles. The molecule has 0 saturated carbocycles. The summed E-state index contributed by atoms with van der Waals surface area (Å²) in [6.07, 6.45) is 0.556. The van der Waals surface area contributed by atoms with Crippen molar-refractivity contribution in [3.05, 3.63) is 53.8 Å². The first-order chi connectivity index (χ1) is 10.2. The molecule has 0 aliphatic heterocycles. The Labute approximate surface area is 122 Å². The van der Waals surface area contributed by atoms with Crippen LogP contribution in [0.5, 0.6) is 17.2 Å². The van der Waals surface area contributed by atoms with Gasteiger partial charge in [-0.15, -0.1) is 0 Å². The molecule has 0 aliphatic carbocycles. The number of methoxy groups -OCH3 is 1. The summed E-state index contributed by atoms with van der Waals surface area (Å²) >= 11 is 0. The van der Waals surface area contributed by atoms with Crippen LogP contribution in [0.1, 0.15) is 10.4 Å². The predicted octanol–water partition coefficient (Wildman–Crippen LogP) is 3.46. The van der Waals surface area contributed by atoms with Gasteiger partial charge in [-0.3, -0.25) is 4.79 Å². The van der Waals surface area contributed by atoms with E-state index in [1.54, 1.807) is 31.4 Å². The highest BCUT2D eigenvalue weighted by atomic mass is 19.1. The van der Waals surface area contributed by atoms with Crippen LogP contribution in [-0.4, -0.2) is 26.6 Å². The fourth-order valence-electron chi connectivity index (χ4n) is 1.68. The first kappa shape index (κ1) is 15.0. The van der Waals surface area contributed by atoms with E-state index in [4.69, 9.17) is 14.2 Å². The van der Waals surface area contributed by atoms with Crippen LogP contribution >= 0.6 is 0 Å². The van der Waals surface area contributed by atoms with Gasteiger partial charge in [0.2, 0.25) is 0 Å². The van der Waals surface area contributed by atoms with Gasteiger partial charge in [0, 0.05) is 7.11 Å². The topological polar surface area (TPSA) is 44.8 Å². The third kappa shape index (κ3) is 4.29. The standard InChI is InChI=1S/C16H15FO4/c1-19-8-9-20-14-3-5-15(6-4-14)21-16-7-2-13(17)10-12(16)11-18/h2-7,10-11H,8-9H2,1H3. The molecule has 21 heavy (non-hydrogen) atoms. The molecular formula is C16H15FO4. The van der Waals surface area contributed by atoms with Crippen molar-refractivity contribution in [2.75, 3.05) is 20.3 Å². The van der Waals surface area contributed by atoms with Crippen LogP contribution in [-0.2, 0) is 4.74 Å². The molecule has 0 bridgehead atoms. The van der Waals surface area contributed by atoms with Crippen LogP contribution in [0, 0.1) is 5.82 Å². The smallest absolute Gasteiger partial charge is 0.153 e. The summed E-state index contributed by atoms with van der Waals surface area (Å²) in [5, 5.41) is 0. The normalized spacial score (nSPS) is 10.2. The number of hydrogen-bond donors (Lipinski definition) is 0. The van der Waals surface area contributed by atoms with Gasteiger partial charge in [-0.2, -0.15) is 0 Å². The molecule has 4 nitrogen and oxygen atoms in total. The maximum absolute atomic E-state index is 13.0. The quantitative estimate of drug-likeness (QED) is 0.578. The Morgan fingerprint density at radius 3 is 2.43 bits per heavy atom. The number of carbonyl (C=O) groups excluding carboxylic acids is 1. The van der Waals surface area contributed by atoms with E-state index in [9.17, 15) is 9.18 Å². The molecular weight excluding hydrogens is 275 g/mol. The van der Waals surface area contributed by atoms with Gasteiger partial charge in [-0.05, 0) is 42.5 Å². The summed E-state index contributed by atoms with van der Waals surface area (Å²) in [7, 11) is 1.60. The first-order valence-electron chi connectivity index (χ1n) is 6.37. The van der Waals surface area contributed by atoms with Crippen molar-refractivity contribution in [2.24, 2.45) is 0 Å². The van der Waals surface area contributed by atoms with Crippen LogP contribution < -0.4 is 9.47 Å². The lowest BCUT2D eigenvalue weighted by atomic mass is 10.2. The molecule has 0 radical (unpaired) electrons. The van der Waals surface area contributed by atoms with E-state index >= 15 is 0 Å². The zero-order chi connectivity index (χ0) is 15.1. The largest absolute Gasteiger partial charge is 0.491 e. The Balaban J connectivity index is 2.05. The predicted molar refractivity (Wildman–Crippen MR) is 75.7 cm³/mol. The second-order valence-electron chi connectivity index (χ2n) is 4.21. The summed E-state index contributed by atoms with van der Waals surface area (Å²) in [6.45, 7) is 0.973. The second-order valence-corrected chi connectivity index (χ2v) is 4.21. The van der Waals surface area contributed by atoms with Crippen molar-refractivity contribution < 1.29 is 23.4 Å². The van der Waals surface area contributed by atoms with Crippen molar-refractivity contribution >= 4 is 6.29 Å². The fraction of sp³-hybridized carbons (Fsp3) is 0.188. The molecule has 0 aliphatic rings. The van der Waals surface area contributed by atoms with Crippen molar-refractivity contribution in [3.63, 3.8) is 0 Å². The maximum Gasteiger partial charge on any atom is 0.153 e. The molecule has 0 unspecified atom stereocenters. The Morgan fingerprint density at radius 2 is 1.76 bits per heavy atom. The lowest BCUT2D eigenvalue weighted by Crippen LogP contribution is -2.03. The molecule has 2 rings (SSSR count). The average Bonchev–Trinajstić information content (AvgIpc) is 2.51. The van der Waals surface area contributed by atoms with Gasteiger partial charge in [0.1, 0.15) is 29.7 Å². The van der Waals surface area contributed by atoms with Gasteiger partial charge in [0.25, 0.3) is 0 Å². The summed E-state index contributed by atoms with van der Waals surface area (Å²) in [5.74, 6) is 1.05. The van der Waals surface area contributed by atoms with E-state index in [-0.39, 0.29) is 5.56 Å². The van der Waals surface area contributed by atoms with Crippen molar-refractivity contribution in [3.8, 4) is 17.2 Å². The molecule has 0 amide bonds. The molecule has 2 aromatic carbocycles. The van der Waals surface area contributed by atoms with Crippen LogP contribution in [0.2, 0.25) is 0 Å². The summed E-state index contributed by atoms with van der Waals surface area (Å²) < 4.78 is 28.9. The lowest BCUT2D eigenvalue weighted by molar-refractivity contribution is 0.112. The summed E-state index contributed by atoms with van der Waals surface area (Å²) in [5.41, 5.74) is 0.162. The van der Waals surface area contributed by atoms with Gasteiger partial charge >= 0.3 is 0 Å². The average molecular weight is 290 g/mol. The fourth-order valence-corrected chi connectivity index (χ4v) is 1.68. The number of carbonyl (C=O) groups is 1. The molecule has 0 spiro atoms. The van der Waals surface area contributed by atoms with Crippen LogP contribution in [0.3, 0.4) is 0 Å². The van der Waals surface area contributed by atoms with Gasteiger partial charge in [0.05, 0.1) is 12.2 Å². The monoisotopic (exact) mass is 290 g/mol. The van der Waals surface area contributed by atoms with E-state index in [2.05, 4.69) is 0 Å². The van der Waals surface area contributed by atoms with Crippen molar-refractivity contribution in [1.29, 1.82) is 0 Å². The lowest BCUT2D eigenvalue weighted by Gasteiger charge is -2.09. The first-order valence-corrected chi connectivity index (χ1v) is 6.37. The molecule has 0 saturated heterocycles. The minimum Gasteiger partial charge on any atom is -0.491 e. The Kier molecular flexibility index (Phi) is 5.29. The Morgan fingerprint density at radius 1 is 1.05 bits per heavy atom. The van der Waals surface area contributed by atoms with E-state index in [1.165, 1.54) is 12.1 Å². The van der Waals surface area contributed by atoms with Gasteiger partial charge in [-0.1, -0.05) is 0 Å². The number of rotatable bonds is 7. The number of ether oxygens (including phenoxy) is 3. The Hall–Kier alpha value is -2.40. The molecule has 0 atom stereocenters. The summed E-state index contributed by atoms with van der Waals surface area (Å²) in [6, 6.07) is 10.7. The minimum atomic E-state index is -0.480. The van der Waals surface area contributed by atoms with E-state index < -0.39 is 5.82 Å². The summed E-state index contributed by atoms with van der Waals surface area (Å²) in [4.78, 5) is 10.9. The van der Waals surface area contributed by atoms with Crippen LogP contribution in [0.15, 0.2) is 42.5 Å². The number of hydrogen-bond acceptors (Lipinski definition) is 4. The molecule has 110 valence electrons. The zero-order valence-electron chi connectivity index (χ0n) is 11.5. The molecule has 0 fully saturated rings. The number of halogens is 1. The van der Waals surface area contributed by atoms with E-state index in [0.717, 1.165) is 6.07 Å². The highest BCUT2D eigenvalue weighted by molar-refractivity contribution is 5.79. The molecule has 5 heteroatoms. The van der Waals surface area contributed by atoms with Gasteiger partial charge in [0.15, 0.2) is 6.29 Å². The highest BCUT2D eigenvalue weighted by Gasteiger charge is 2.06. The van der Waals surface area contributed by atoms with E-state index in [1.807, 2.05) is 0 Å². The highest BCUT2D eigenvalue weighted by Crippen LogP contribution is 2.26. The SMILES string of the molecule is COCCOc1ccc(Oc2ccc(F)cc2C=O)cc1. The molecule has 0 N–H and O–H groups in total. The zero-order valence-corrected chi connectivity index (χ0v) is 11.5. The Bertz CT molecular complexity index is 596. The van der Waals surface area contributed by atoms with Crippen molar-refractivity contribution in [2.45, 2.75) is 0 Å². The maximum atomic E-state index is 13.0. The number of aldehydes is 1. The van der Waals surface area contributed by atoms with E-state index in [0.29, 0.717) is 36.7 Å². The van der Waals surface area contributed by atoms with Crippen LogP contribution in [0.4, 0.5) is 4.39 Å². The third-order valence-corrected chi connectivity index (χ3v) is 2.71. The van der Waals surface area contributed by atoms with Crippen molar-refractivity contribution in [1.82, 2.24) is 0 Å². The minimum absolute atomic E-state index is 0.162. The number of benzene rings is 2. The van der Waals surface area contributed by atoms with Crippen LogP contribution in [0.25, 0.3) is 0 Å². The molecule has 0 aromatic heterocycles. The van der Waals surface area contributed by atoms with Gasteiger partial charge < -0.3 is 14.2 Å². The third-order valence-electron chi connectivity index (χ3n) is 2.71. The molecule has 2 aromatic rings. The van der Waals surface area contributed by atoms with Gasteiger partial charge in [-0.25, -0.2) is 4.39 Å².